The zero-order valence-corrected chi connectivity index (χ0v) is 11.9. The van der Waals surface area contributed by atoms with Gasteiger partial charge >= 0.3 is 0 Å². The third-order valence-corrected chi connectivity index (χ3v) is 5.28. The SMILES string of the molecule is CC(C(=O)N(C)C1CCCCC1Br)C1CC1. The van der Waals surface area contributed by atoms with Crippen molar-refractivity contribution in [1.82, 2.24) is 4.90 Å². The minimum atomic E-state index is 0.242. The Hall–Kier alpha value is -0.0500. The Morgan fingerprint density at radius 2 is 1.88 bits per heavy atom. The van der Waals surface area contributed by atoms with Gasteiger partial charge in [0.1, 0.15) is 0 Å². The number of hydrogen-bond acceptors (Lipinski definition) is 1. The number of halogens is 1. The molecule has 0 spiro atoms. The minimum Gasteiger partial charge on any atom is -0.341 e. The summed E-state index contributed by atoms with van der Waals surface area (Å²) in [6, 6.07) is 0.419. The Labute approximate surface area is 107 Å². The first-order chi connectivity index (χ1) is 7.61. The highest BCUT2D eigenvalue weighted by atomic mass is 79.9. The summed E-state index contributed by atoms with van der Waals surface area (Å²) in [5.41, 5.74) is 0. The molecule has 92 valence electrons. The summed E-state index contributed by atoms with van der Waals surface area (Å²) < 4.78 is 0. The molecule has 0 heterocycles. The Balaban J connectivity index is 1.93. The van der Waals surface area contributed by atoms with E-state index in [0.717, 1.165) is 6.42 Å². The van der Waals surface area contributed by atoms with Crippen LogP contribution in [0.4, 0.5) is 0 Å². The second kappa shape index (κ2) is 5.07. The topological polar surface area (TPSA) is 20.3 Å². The van der Waals surface area contributed by atoms with Gasteiger partial charge < -0.3 is 4.90 Å². The monoisotopic (exact) mass is 287 g/mol. The number of rotatable bonds is 3. The van der Waals surface area contributed by atoms with Crippen LogP contribution in [0.25, 0.3) is 0 Å². The normalized spacial score (nSPS) is 32.2. The average Bonchev–Trinajstić information content (AvgIpc) is 3.11. The van der Waals surface area contributed by atoms with E-state index in [1.807, 2.05) is 11.9 Å². The summed E-state index contributed by atoms with van der Waals surface area (Å²) in [5, 5.41) is 0. The lowest BCUT2D eigenvalue weighted by Gasteiger charge is -2.36. The second-order valence-electron chi connectivity index (χ2n) is 5.44. The number of hydrogen-bond donors (Lipinski definition) is 0. The molecule has 0 N–H and O–H groups in total. The highest BCUT2D eigenvalue weighted by molar-refractivity contribution is 9.09. The molecule has 0 aromatic carbocycles. The van der Waals surface area contributed by atoms with E-state index < -0.39 is 0 Å². The smallest absolute Gasteiger partial charge is 0.225 e. The van der Waals surface area contributed by atoms with E-state index in [4.69, 9.17) is 0 Å². The fourth-order valence-corrected chi connectivity index (χ4v) is 3.73. The quantitative estimate of drug-likeness (QED) is 0.730. The molecule has 0 aliphatic heterocycles. The number of carbonyl (C=O) groups excluding carboxylic acids is 1. The van der Waals surface area contributed by atoms with E-state index in [2.05, 4.69) is 22.9 Å². The van der Waals surface area contributed by atoms with Crippen LogP contribution in [0.2, 0.25) is 0 Å². The van der Waals surface area contributed by atoms with Crippen molar-refractivity contribution in [2.75, 3.05) is 7.05 Å². The molecular formula is C13H22BrNO. The van der Waals surface area contributed by atoms with Crippen LogP contribution in [0, 0.1) is 11.8 Å². The number of nitrogens with zero attached hydrogens (tertiary/aromatic N) is 1. The van der Waals surface area contributed by atoms with Gasteiger partial charge in [0.15, 0.2) is 0 Å². The van der Waals surface area contributed by atoms with Gasteiger partial charge in [-0.25, -0.2) is 0 Å². The summed E-state index contributed by atoms with van der Waals surface area (Å²) in [6.45, 7) is 2.10. The molecule has 16 heavy (non-hydrogen) atoms. The maximum absolute atomic E-state index is 12.3. The average molecular weight is 288 g/mol. The van der Waals surface area contributed by atoms with E-state index in [1.54, 1.807) is 0 Å². The first kappa shape index (κ1) is 12.4. The standard InChI is InChI=1S/C13H22BrNO/c1-9(10-7-8-10)13(16)15(2)12-6-4-3-5-11(12)14/h9-12H,3-8H2,1-2H3. The van der Waals surface area contributed by atoms with Gasteiger partial charge in [0.05, 0.1) is 0 Å². The van der Waals surface area contributed by atoms with Gasteiger partial charge in [-0.1, -0.05) is 35.7 Å². The molecule has 0 aromatic rings. The van der Waals surface area contributed by atoms with E-state index in [0.29, 0.717) is 22.7 Å². The molecule has 1 amide bonds. The number of amides is 1. The highest BCUT2D eigenvalue weighted by Gasteiger charge is 2.37. The van der Waals surface area contributed by atoms with Crippen LogP contribution in [0.15, 0.2) is 0 Å². The van der Waals surface area contributed by atoms with E-state index in [9.17, 15) is 4.79 Å². The van der Waals surface area contributed by atoms with Crippen molar-refractivity contribution in [3.63, 3.8) is 0 Å². The summed E-state index contributed by atoms with van der Waals surface area (Å²) >= 11 is 3.73. The molecule has 0 aromatic heterocycles. The van der Waals surface area contributed by atoms with Crippen LogP contribution in [0.1, 0.15) is 45.4 Å². The lowest BCUT2D eigenvalue weighted by molar-refractivity contribution is -0.136. The minimum absolute atomic E-state index is 0.242. The fraction of sp³-hybridized carbons (Fsp3) is 0.923. The second-order valence-corrected chi connectivity index (χ2v) is 6.62. The first-order valence-electron chi connectivity index (χ1n) is 6.52. The predicted molar refractivity (Wildman–Crippen MR) is 69.6 cm³/mol. The van der Waals surface area contributed by atoms with Crippen molar-refractivity contribution < 1.29 is 4.79 Å². The molecule has 3 heteroatoms. The molecule has 3 atom stereocenters. The van der Waals surface area contributed by atoms with Gasteiger partial charge in [-0.15, -0.1) is 0 Å². The molecule has 2 nitrogen and oxygen atoms in total. The van der Waals surface area contributed by atoms with Gasteiger partial charge in [0.2, 0.25) is 5.91 Å². The van der Waals surface area contributed by atoms with E-state index >= 15 is 0 Å². The van der Waals surface area contributed by atoms with Crippen LogP contribution < -0.4 is 0 Å². The van der Waals surface area contributed by atoms with E-state index in [1.165, 1.54) is 32.1 Å². The van der Waals surface area contributed by atoms with Crippen LogP contribution in [-0.4, -0.2) is 28.7 Å². The van der Waals surface area contributed by atoms with Crippen LogP contribution in [0.3, 0.4) is 0 Å². The predicted octanol–water partition coefficient (Wildman–Crippen LogP) is 3.20. The van der Waals surface area contributed by atoms with Gasteiger partial charge in [-0.3, -0.25) is 4.79 Å². The van der Waals surface area contributed by atoms with Crippen LogP contribution >= 0.6 is 15.9 Å². The lowest BCUT2D eigenvalue weighted by Crippen LogP contribution is -2.46. The van der Waals surface area contributed by atoms with Crippen LogP contribution in [0.5, 0.6) is 0 Å². The van der Waals surface area contributed by atoms with Crippen LogP contribution in [-0.2, 0) is 4.79 Å². The summed E-state index contributed by atoms with van der Waals surface area (Å²) in [5.74, 6) is 1.28. The highest BCUT2D eigenvalue weighted by Crippen LogP contribution is 2.38. The number of carbonyl (C=O) groups is 1. The summed E-state index contributed by atoms with van der Waals surface area (Å²) in [6.07, 6.45) is 7.44. The van der Waals surface area contributed by atoms with Crippen molar-refractivity contribution in [2.45, 2.75) is 56.3 Å². The van der Waals surface area contributed by atoms with Gasteiger partial charge in [-0.2, -0.15) is 0 Å². The maximum Gasteiger partial charge on any atom is 0.225 e. The zero-order valence-electron chi connectivity index (χ0n) is 10.3. The molecule has 2 rings (SSSR count). The lowest BCUT2D eigenvalue weighted by atomic mass is 9.93. The third kappa shape index (κ3) is 2.61. The van der Waals surface area contributed by atoms with Crippen molar-refractivity contribution in [1.29, 1.82) is 0 Å². The molecular weight excluding hydrogens is 266 g/mol. The molecule has 2 fully saturated rings. The van der Waals surface area contributed by atoms with Gasteiger partial charge in [0, 0.05) is 23.8 Å². The maximum atomic E-state index is 12.3. The largest absolute Gasteiger partial charge is 0.341 e. The first-order valence-corrected chi connectivity index (χ1v) is 7.43. The molecule has 2 aliphatic rings. The van der Waals surface area contributed by atoms with Crippen molar-refractivity contribution in [2.24, 2.45) is 11.8 Å². The Kier molecular flexibility index (Phi) is 3.93. The molecule has 0 radical (unpaired) electrons. The summed E-state index contributed by atoms with van der Waals surface area (Å²) in [7, 11) is 1.99. The number of alkyl halides is 1. The van der Waals surface area contributed by atoms with Crippen molar-refractivity contribution in [3.8, 4) is 0 Å². The van der Waals surface area contributed by atoms with Gasteiger partial charge in [0.25, 0.3) is 0 Å². The molecule has 3 unspecified atom stereocenters. The molecule has 2 saturated carbocycles. The molecule has 2 aliphatic carbocycles. The Morgan fingerprint density at radius 1 is 1.25 bits per heavy atom. The molecule has 0 saturated heterocycles. The fourth-order valence-electron chi connectivity index (χ4n) is 2.78. The third-order valence-electron chi connectivity index (χ3n) is 4.21. The van der Waals surface area contributed by atoms with Gasteiger partial charge in [-0.05, 0) is 31.6 Å². The zero-order chi connectivity index (χ0) is 11.7. The molecule has 0 bridgehead atoms. The Morgan fingerprint density at radius 3 is 2.44 bits per heavy atom. The van der Waals surface area contributed by atoms with Crippen molar-refractivity contribution in [3.05, 3.63) is 0 Å². The Bertz CT molecular complexity index is 265. The summed E-state index contributed by atoms with van der Waals surface area (Å²) in [4.78, 5) is 14.8. The van der Waals surface area contributed by atoms with E-state index in [-0.39, 0.29) is 5.92 Å². The van der Waals surface area contributed by atoms with Crippen molar-refractivity contribution >= 4 is 21.8 Å².